The maximum Gasteiger partial charge on any atom is 0.127 e. The molecule has 1 aromatic rings. The third-order valence-corrected chi connectivity index (χ3v) is 2.62. The molecule has 0 bridgehead atoms. The minimum absolute atomic E-state index is 0.597. The van der Waals surface area contributed by atoms with Crippen LogP contribution in [0.2, 0.25) is 5.15 Å². The molecule has 1 fully saturated rings. The predicted octanol–water partition coefficient (Wildman–Crippen LogP) is 1.36. The Morgan fingerprint density at radius 2 is 2.58 bits per heavy atom. The van der Waals surface area contributed by atoms with Gasteiger partial charge in [0.1, 0.15) is 5.15 Å². The molecular weight excluding hydrogens is 174 g/mol. The van der Waals surface area contributed by atoms with Crippen molar-refractivity contribution in [3.05, 3.63) is 16.9 Å². The fourth-order valence-electron chi connectivity index (χ4n) is 1.63. The average Bonchev–Trinajstić information content (AvgIpc) is 2.65. The van der Waals surface area contributed by atoms with Crippen molar-refractivity contribution in [1.29, 1.82) is 0 Å². The smallest absolute Gasteiger partial charge is 0.127 e. The van der Waals surface area contributed by atoms with E-state index >= 15 is 0 Å². The average molecular weight is 186 g/mol. The molecule has 1 saturated heterocycles. The van der Waals surface area contributed by atoms with Gasteiger partial charge in [-0.3, -0.25) is 5.10 Å². The van der Waals surface area contributed by atoms with Gasteiger partial charge in [0, 0.05) is 11.6 Å². The third-order valence-electron chi connectivity index (χ3n) is 2.29. The van der Waals surface area contributed by atoms with Crippen molar-refractivity contribution in [1.82, 2.24) is 15.5 Å². The SMILES string of the molecule is Clc1[nH]ncc1CC1CCCN1. The summed E-state index contributed by atoms with van der Waals surface area (Å²) in [5, 5.41) is 10.7. The number of hydrogen-bond acceptors (Lipinski definition) is 2. The standard InChI is InChI=1S/C8H12ClN3/c9-8-6(5-11-12-8)4-7-2-1-3-10-7/h5,7,10H,1-4H2,(H,11,12). The van der Waals surface area contributed by atoms with Crippen LogP contribution in [0.3, 0.4) is 0 Å². The molecule has 2 N–H and O–H groups in total. The highest BCUT2D eigenvalue weighted by Gasteiger charge is 2.16. The summed E-state index contributed by atoms with van der Waals surface area (Å²) < 4.78 is 0. The summed E-state index contributed by atoms with van der Waals surface area (Å²) in [6.07, 6.45) is 5.33. The van der Waals surface area contributed by atoms with Crippen molar-refractivity contribution in [3.8, 4) is 0 Å². The lowest BCUT2D eigenvalue weighted by Crippen LogP contribution is -2.23. The summed E-state index contributed by atoms with van der Waals surface area (Å²) in [5.74, 6) is 0. The van der Waals surface area contributed by atoms with E-state index in [-0.39, 0.29) is 0 Å². The first kappa shape index (κ1) is 8.08. The Morgan fingerprint density at radius 3 is 3.17 bits per heavy atom. The van der Waals surface area contributed by atoms with E-state index in [9.17, 15) is 0 Å². The van der Waals surface area contributed by atoms with E-state index in [2.05, 4.69) is 15.5 Å². The zero-order valence-corrected chi connectivity index (χ0v) is 7.56. The van der Waals surface area contributed by atoms with E-state index in [0.717, 1.165) is 18.5 Å². The van der Waals surface area contributed by atoms with Gasteiger partial charge in [-0.1, -0.05) is 11.6 Å². The number of aromatic amines is 1. The summed E-state index contributed by atoms with van der Waals surface area (Å²) in [6.45, 7) is 1.14. The first-order valence-corrected chi connectivity index (χ1v) is 4.65. The second-order valence-electron chi connectivity index (χ2n) is 3.21. The van der Waals surface area contributed by atoms with E-state index in [1.165, 1.54) is 12.8 Å². The molecular formula is C8H12ClN3. The minimum Gasteiger partial charge on any atom is -0.314 e. The molecule has 1 aliphatic rings. The van der Waals surface area contributed by atoms with Crippen molar-refractivity contribution in [3.63, 3.8) is 0 Å². The number of rotatable bonds is 2. The van der Waals surface area contributed by atoms with Gasteiger partial charge in [-0.05, 0) is 25.8 Å². The van der Waals surface area contributed by atoms with Gasteiger partial charge >= 0.3 is 0 Å². The van der Waals surface area contributed by atoms with Gasteiger partial charge in [0.2, 0.25) is 0 Å². The van der Waals surface area contributed by atoms with Crippen molar-refractivity contribution < 1.29 is 0 Å². The van der Waals surface area contributed by atoms with Crippen LogP contribution >= 0.6 is 11.6 Å². The van der Waals surface area contributed by atoms with E-state index in [0.29, 0.717) is 11.2 Å². The van der Waals surface area contributed by atoms with Crippen LogP contribution in [0.4, 0.5) is 0 Å². The molecule has 0 aliphatic carbocycles. The summed E-state index contributed by atoms with van der Waals surface area (Å²) in [4.78, 5) is 0. The molecule has 0 radical (unpaired) electrons. The number of halogens is 1. The highest BCUT2D eigenvalue weighted by Crippen LogP contribution is 2.16. The lowest BCUT2D eigenvalue weighted by atomic mass is 10.1. The zero-order chi connectivity index (χ0) is 8.39. The lowest BCUT2D eigenvalue weighted by Gasteiger charge is -2.07. The molecule has 12 heavy (non-hydrogen) atoms. The molecule has 1 atom stereocenters. The van der Waals surface area contributed by atoms with Gasteiger partial charge < -0.3 is 5.32 Å². The van der Waals surface area contributed by atoms with Crippen molar-refractivity contribution in [2.24, 2.45) is 0 Å². The fraction of sp³-hybridized carbons (Fsp3) is 0.625. The van der Waals surface area contributed by atoms with Crippen LogP contribution in [-0.4, -0.2) is 22.8 Å². The molecule has 66 valence electrons. The largest absolute Gasteiger partial charge is 0.314 e. The number of H-pyrrole nitrogens is 1. The van der Waals surface area contributed by atoms with Crippen LogP contribution < -0.4 is 5.32 Å². The van der Waals surface area contributed by atoms with Crippen molar-refractivity contribution in [2.45, 2.75) is 25.3 Å². The summed E-state index contributed by atoms with van der Waals surface area (Å²) in [5.41, 5.74) is 1.12. The zero-order valence-electron chi connectivity index (χ0n) is 6.81. The first-order chi connectivity index (χ1) is 5.86. The van der Waals surface area contributed by atoms with Gasteiger partial charge in [-0.2, -0.15) is 5.10 Å². The molecule has 1 unspecified atom stereocenters. The van der Waals surface area contributed by atoms with E-state index < -0.39 is 0 Å². The van der Waals surface area contributed by atoms with E-state index in [4.69, 9.17) is 11.6 Å². The van der Waals surface area contributed by atoms with Crippen LogP contribution in [-0.2, 0) is 6.42 Å². The van der Waals surface area contributed by atoms with Gasteiger partial charge in [0.25, 0.3) is 0 Å². The Balaban J connectivity index is 1.98. The molecule has 2 heterocycles. The Hall–Kier alpha value is -0.540. The molecule has 1 aliphatic heterocycles. The quantitative estimate of drug-likeness (QED) is 0.731. The predicted molar refractivity (Wildman–Crippen MR) is 48.3 cm³/mol. The maximum absolute atomic E-state index is 5.87. The Labute approximate surface area is 76.5 Å². The minimum atomic E-state index is 0.597. The van der Waals surface area contributed by atoms with Crippen LogP contribution in [0, 0.1) is 0 Å². The highest BCUT2D eigenvalue weighted by molar-refractivity contribution is 6.30. The van der Waals surface area contributed by atoms with Crippen LogP contribution in [0.1, 0.15) is 18.4 Å². The number of nitrogens with zero attached hydrogens (tertiary/aromatic N) is 1. The normalized spacial score (nSPS) is 23.2. The fourth-order valence-corrected chi connectivity index (χ4v) is 1.81. The Kier molecular flexibility index (Phi) is 2.33. The summed E-state index contributed by atoms with van der Waals surface area (Å²) in [6, 6.07) is 0.597. The van der Waals surface area contributed by atoms with Gasteiger partial charge in [0.15, 0.2) is 0 Å². The molecule has 3 nitrogen and oxygen atoms in total. The van der Waals surface area contributed by atoms with Gasteiger partial charge in [-0.25, -0.2) is 0 Å². The second kappa shape index (κ2) is 3.46. The van der Waals surface area contributed by atoms with Gasteiger partial charge in [-0.15, -0.1) is 0 Å². The van der Waals surface area contributed by atoms with Crippen molar-refractivity contribution in [2.75, 3.05) is 6.54 Å². The molecule has 0 aromatic carbocycles. The van der Waals surface area contributed by atoms with Crippen molar-refractivity contribution >= 4 is 11.6 Å². The molecule has 0 spiro atoms. The number of nitrogens with one attached hydrogen (secondary N) is 2. The molecule has 2 rings (SSSR count). The van der Waals surface area contributed by atoms with E-state index in [1.54, 1.807) is 0 Å². The highest BCUT2D eigenvalue weighted by atomic mass is 35.5. The summed E-state index contributed by atoms with van der Waals surface area (Å²) in [7, 11) is 0. The second-order valence-corrected chi connectivity index (χ2v) is 3.58. The molecule has 0 amide bonds. The topological polar surface area (TPSA) is 40.7 Å². The lowest BCUT2D eigenvalue weighted by molar-refractivity contribution is 0.603. The van der Waals surface area contributed by atoms with Crippen LogP contribution in [0.15, 0.2) is 6.20 Å². The number of aromatic nitrogens is 2. The molecule has 0 saturated carbocycles. The monoisotopic (exact) mass is 185 g/mol. The molecule has 1 aromatic heterocycles. The van der Waals surface area contributed by atoms with Gasteiger partial charge in [0.05, 0.1) is 6.20 Å². The number of hydrogen-bond donors (Lipinski definition) is 2. The van der Waals surface area contributed by atoms with Crippen LogP contribution in [0.5, 0.6) is 0 Å². The van der Waals surface area contributed by atoms with Crippen LogP contribution in [0.25, 0.3) is 0 Å². The van der Waals surface area contributed by atoms with E-state index in [1.807, 2.05) is 6.20 Å². The third kappa shape index (κ3) is 1.62. The maximum atomic E-state index is 5.87. The molecule has 4 heteroatoms. The first-order valence-electron chi connectivity index (χ1n) is 4.27. The Morgan fingerprint density at radius 1 is 1.67 bits per heavy atom. The Bertz CT molecular complexity index is 253. The summed E-state index contributed by atoms with van der Waals surface area (Å²) >= 11 is 5.87.